The van der Waals surface area contributed by atoms with Crippen LogP contribution in [0.1, 0.15) is 113 Å². The van der Waals surface area contributed by atoms with Gasteiger partial charge in [0.1, 0.15) is 23.8 Å². The number of likely N-dealkylation sites (N-methyl/N-ethyl adjacent to an activating group) is 1. The highest BCUT2D eigenvalue weighted by atomic mass is 32.1. The number of aromatic nitrogens is 1. The monoisotopic (exact) mass is 1060 g/mol. The molecular formula is C61H84N8O6S. The number of piperidine rings is 2. The summed E-state index contributed by atoms with van der Waals surface area (Å²) in [4.78, 5) is 61.2. The molecule has 3 aromatic carbocycles. The molecule has 7 rings (SSSR count). The predicted octanol–water partition coefficient (Wildman–Crippen LogP) is 8.93. The topological polar surface area (TPSA) is 182 Å². The summed E-state index contributed by atoms with van der Waals surface area (Å²) < 4.78 is 6.05. The lowest BCUT2D eigenvalue weighted by atomic mass is 9.71. The van der Waals surface area contributed by atoms with E-state index in [-0.39, 0.29) is 34.9 Å². The number of para-hydroxylation sites is 1. The minimum atomic E-state index is -0.394. The Balaban J connectivity index is 0.000000269. The number of aromatic hydroxyl groups is 1. The number of hydrogen-bond acceptors (Lipinski definition) is 12. The van der Waals surface area contributed by atoms with Crippen molar-refractivity contribution < 1.29 is 29.0 Å². The van der Waals surface area contributed by atoms with Gasteiger partial charge in [-0.3, -0.25) is 19.3 Å². The van der Waals surface area contributed by atoms with Gasteiger partial charge in [0.05, 0.1) is 41.0 Å². The second-order valence-corrected chi connectivity index (χ2v) is 22.6. The smallest absolute Gasteiger partial charge is 0.243 e. The number of nitrogens with zero attached hydrogens (tertiary/aromatic N) is 4. The van der Waals surface area contributed by atoms with Gasteiger partial charge in [0, 0.05) is 44.6 Å². The number of ether oxygens (including phenoxy) is 1. The van der Waals surface area contributed by atoms with Gasteiger partial charge in [0.2, 0.25) is 17.7 Å². The number of carbonyl (C=O) groups is 4. The van der Waals surface area contributed by atoms with E-state index >= 15 is 0 Å². The first-order chi connectivity index (χ1) is 36.5. The number of rotatable bonds is 22. The Morgan fingerprint density at radius 1 is 0.921 bits per heavy atom. The summed E-state index contributed by atoms with van der Waals surface area (Å²) in [5.74, 6) is 0.710. The number of benzene rings is 3. The van der Waals surface area contributed by atoms with Gasteiger partial charge in [-0.1, -0.05) is 114 Å². The lowest BCUT2D eigenvalue weighted by Gasteiger charge is -2.46. The van der Waals surface area contributed by atoms with Crippen molar-refractivity contribution in [2.45, 2.75) is 124 Å². The molecule has 2 unspecified atom stereocenters. The highest BCUT2D eigenvalue weighted by Gasteiger charge is 2.41. The molecule has 4 heterocycles. The van der Waals surface area contributed by atoms with E-state index in [0.717, 1.165) is 97.4 Å². The van der Waals surface area contributed by atoms with Crippen molar-refractivity contribution in [1.29, 1.82) is 0 Å². The van der Waals surface area contributed by atoms with Crippen LogP contribution in [0.4, 0.5) is 0 Å². The molecule has 0 bridgehead atoms. The number of aryl methyl sites for hydroxylation is 1. The number of hydrogen-bond donors (Lipinski definition) is 5. The van der Waals surface area contributed by atoms with Crippen LogP contribution >= 0.6 is 11.3 Å². The van der Waals surface area contributed by atoms with Gasteiger partial charge in [-0.15, -0.1) is 11.3 Å². The molecule has 3 amide bonds. The second kappa shape index (κ2) is 28.8. The molecule has 410 valence electrons. The minimum Gasteiger partial charge on any atom is -0.507 e. The number of unbranched alkanes of at least 4 members (excludes halogenated alkanes) is 1. The van der Waals surface area contributed by atoms with E-state index in [1.165, 1.54) is 30.6 Å². The van der Waals surface area contributed by atoms with E-state index < -0.39 is 6.04 Å². The number of phenolic OH excluding ortho intramolecular Hbond substituents is 1. The maximum atomic E-state index is 13.1. The molecule has 15 heteroatoms. The number of thiazole rings is 1. The molecule has 76 heavy (non-hydrogen) atoms. The largest absolute Gasteiger partial charge is 0.507 e. The summed E-state index contributed by atoms with van der Waals surface area (Å²) in [6.07, 6.45) is 14.3. The lowest BCUT2D eigenvalue weighted by molar-refractivity contribution is -0.142. The molecule has 3 aliphatic heterocycles. The Bertz CT molecular complexity index is 2590. The summed E-state index contributed by atoms with van der Waals surface area (Å²) >= 11 is 1.63. The highest BCUT2D eigenvalue weighted by molar-refractivity contribution is 7.13. The number of amides is 3. The molecule has 0 saturated carbocycles. The third-order valence-corrected chi connectivity index (χ3v) is 16.1. The van der Waals surface area contributed by atoms with E-state index in [9.17, 15) is 24.3 Å². The third-order valence-electron chi connectivity index (χ3n) is 15.1. The lowest BCUT2D eigenvalue weighted by Crippen LogP contribution is -2.55. The van der Waals surface area contributed by atoms with Crippen molar-refractivity contribution >= 4 is 40.9 Å². The SMILES string of the molecule is C=C(N)/C(=C\C(=C\CCC)c1ccccc1O)OCCc1ccc(CNC(=O)CCN2CCC3(CCN(CC=O)CC3)CC2)cc1.CNC(C(=O)N1CCCC1C(=O)NCc1ccc(-c2scnc2C)cc1)C(C)(C)C. The molecule has 3 aliphatic rings. The Morgan fingerprint density at radius 2 is 1.55 bits per heavy atom. The van der Waals surface area contributed by atoms with Gasteiger partial charge in [-0.25, -0.2) is 4.98 Å². The number of phenols is 1. The van der Waals surface area contributed by atoms with Crippen LogP contribution in [0.25, 0.3) is 16.0 Å². The first-order valence-electron chi connectivity index (χ1n) is 27.3. The summed E-state index contributed by atoms with van der Waals surface area (Å²) in [5, 5.41) is 19.6. The van der Waals surface area contributed by atoms with E-state index in [2.05, 4.69) is 74.6 Å². The van der Waals surface area contributed by atoms with E-state index in [1.54, 1.807) is 35.4 Å². The molecule has 14 nitrogen and oxygen atoms in total. The quantitative estimate of drug-likeness (QED) is 0.0288. The molecule has 1 aromatic heterocycles. The zero-order valence-corrected chi connectivity index (χ0v) is 46.8. The highest BCUT2D eigenvalue weighted by Crippen LogP contribution is 2.41. The summed E-state index contributed by atoms with van der Waals surface area (Å²) in [6, 6.07) is 22.9. The fourth-order valence-corrected chi connectivity index (χ4v) is 11.2. The normalized spacial score (nSPS) is 17.6. The van der Waals surface area contributed by atoms with Crippen LogP contribution in [-0.2, 0) is 43.4 Å². The van der Waals surface area contributed by atoms with Crippen LogP contribution in [0.5, 0.6) is 5.75 Å². The van der Waals surface area contributed by atoms with Crippen molar-refractivity contribution in [2.75, 3.05) is 59.5 Å². The van der Waals surface area contributed by atoms with Gasteiger partial charge < -0.3 is 46.1 Å². The van der Waals surface area contributed by atoms with Crippen molar-refractivity contribution in [3.05, 3.63) is 136 Å². The Hall–Kier alpha value is -6.13. The van der Waals surface area contributed by atoms with E-state index in [4.69, 9.17) is 10.5 Å². The average Bonchev–Trinajstić information content (AvgIpc) is 4.09. The van der Waals surface area contributed by atoms with Crippen LogP contribution in [-0.4, -0.2) is 120 Å². The molecule has 6 N–H and O–H groups in total. The van der Waals surface area contributed by atoms with Crippen LogP contribution in [0.2, 0.25) is 0 Å². The maximum absolute atomic E-state index is 13.1. The molecule has 0 radical (unpaired) electrons. The molecule has 2 atom stereocenters. The Labute approximate surface area is 456 Å². The third kappa shape index (κ3) is 17.2. The number of carbonyl (C=O) groups excluding carboxylic acids is 4. The van der Waals surface area contributed by atoms with E-state index in [0.29, 0.717) is 68.9 Å². The molecule has 4 aromatic rings. The fraction of sp³-hybridized carbons (Fsp3) is 0.492. The summed E-state index contributed by atoms with van der Waals surface area (Å²) in [6.45, 7) is 21.6. The Kier molecular flexibility index (Phi) is 22.4. The number of nitrogens with one attached hydrogen (secondary N) is 3. The van der Waals surface area contributed by atoms with Gasteiger partial charge in [0.25, 0.3) is 0 Å². The van der Waals surface area contributed by atoms with Crippen LogP contribution in [0.3, 0.4) is 0 Å². The zero-order chi connectivity index (χ0) is 54.7. The molecule has 1 spiro atoms. The van der Waals surface area contributed by atoms with Gasteiger partial charge >= 0.3 is 0 Å². The predicted molar refractivity (Wildman–Crippen MR) is 306 cm³/mol. The fourth-order valence-electron chi connectivity index (χ4n) is 10.4. The first-order valence-corrected chi connectivity index (χ1v) is 28.2. The number of nitrogens with two attached hydrogens (primary N) is 1. The number of likely N-dealkylation sites (tertiary alicyclic amines) is 3. The Morgan fingerprint density at radius 3 is 2.14 bits per heavy atom. The second-order valence-electron chi connectivity index (χ2n) is 21.7. The van der Waals surface area contributed by atoms with Crippen LogP contribution in [0, 0.1) is 17.8 Å². The molecule has 0 aliphatic carbocycles. The zero-order valence-electron chi connectivity index (χ0n) is 46.0. The average molecular weight is 1060 g/mol. The van der Waals surface area contributed by atoms with Crippen LogP contribution < -0.4 is 21.7 Å². The van der Waals surface area contributed by atoms with E-state index in [1.807, 2.05) is 75.7 Å². The summed E-state index contributed by atoms with van der Waals surface area (Å²) in [5.41, 5.74) is 15.4. The standard InChI is InChI=1S/C38H52N4O4.C23H32N4O2S/c1-3-4-7-33(34-8-5-6-9-35(34)44)28-36(30(2)39)46-27-15-31-10-12-32(13-11-31)29-40-37(45)14-20-41-21-16-38(17-22-41)18-23-42(24-19-38)25-26-43;1-15-19(30-14-26-15)17-10-8-16(9-11-17)13-25-21(28)18-7-6-12-27(18)22(29)20(24-5)23(2,3)4/h5-13,26,28,44H,2-4,14-25,27,29,39H2,1H3,(H,40,45);8-11,14,18,20,24H,6-7,12-13H2,1-5H3,(H,25,28)/b33-7-,36-28+;. The van der Waals surface area contributed by atoms with Crippen molar-refractivity contribution in [2.24, 2.45) is 16.6 Å². The van der Waals surface area contributed by atoms with Crippen molar-refractivity contribution in [1.82, 2.24) is 35.6 Å². The minimum absolute atomic E-state index is 0.00642. The number of allylic oxidation sites excluding steroid dienone is 3. The van der Waals surface area contributed by atoms with Gasteiger partial charge in [-0.2, -0.15) is 0 Å². The van der Waals surface area contributed by atoms with Crippen molar-refractivity contribution in [3.8, 4) is 16.2 Å². The molecular weight excluding hydrogens is 973 g/mol. The molecule has 3 saturated heterocycles. The summed E-state index contributed by atoms with van der Waals surface area (Å²) in [7, 11) is 1.80. The van der Waals surface area contributed by atoms with Crippen LogP contribution in [0.15, 0.2) is 108 Å². The van der Waals surface area contributed by atoms with Gasteiger partial charge in [0.15, 0.2) is 0 Å². The van der Waals surface area contributed by atoms with Crippen molar-refractivity contribution in [3.63, 3.8) is 0 Å². The first kappa shape index (κ1) is 59.1. The number of aldehydes is 1. The van der Waals surface area contributed by atoms with Gasteiger partial charge in [-0.05, 0) is 136 Å². The maximum Gasteiger partial charge on any atom is 0.243 e. The molecule has 3 fully saturated rings.